The van der Waals surface area contributed by atoms with Crippen LogP contribution < -0.4 is 26.8 Å². The first-order valence-corrected chi connectivity index (χ1v) is 15.6. The molecule has 1 saturated heterocycles. The highest BCUT2D eigenvalue weighted by Crippen LogP contribution is 2.35. The van der Waals surface area contributed by atoms with Gasteiger partial charge in [0.1, 0.15) is 41.9 Å². The van der Waals surface area contributed by atoms with Crippen LogP contribution in [0, 0.1) is 5.82 Å². The number of likely N-dealkylation sites (N-methyl/N-ethyl adjacent to an activating group) is 1. The van der Waals surface area contributed by atoms with Crippen molar-refractivity contribution in [1.29, 1.82) is 0 Å². The Labute approximate surface area is 301 Å². The van der Waals surface area contributed by atoms with Gasteiger partial charge in [-0.05, 0) is 38.4 Å². The lowest BCUT2D eigenvalue weighted by molar-refractivity contribution is -0.144. The number of carboxylic acids is 4. The Morgan fingerprint density at radius 1 is 1.04 bits per heavy atom. The topological polar surface area (TPSA) is 290 Å². The zero-order chi connectivity index (χ0) is 39.0. The van der Waals surface area contributed by atoms with E-state index in [-0.39, 0.29) is 17.0 Å². The Hall–Kier alpha value is -5.47. The molecular formula is C32H39ClFN7O11. The number of nitrogens with zero attached hydrogens (tertiary/aromatic N) is 3. The Balaban J connectivity index is 0.000000429. The zero-order valence-corrected chi connectivity index (χ0v) is 28.7. The van der Waals surface area contributed by atoms with Crippen LogP contribution in [0.4, 0.5) is 21.6 Å². The second-order valence-corrected chi connectivity index (χ2v) is 11.6. The summed E-state index contributed by atoms with van der Waals surface area (Å²) in [6.45, 7) is 1.75. The third kappa shape index (κ3) is 15.2. The number of benzene rings is 2. The van der Waals surface area contributed by atoms with Gasteiger partial charge >= 0.3 is 23.9 Å². The fourth-order valence-electron chi connectivity index (χ4n) is 3.97. The second-order valence-electron chi connectivity index (χ2n) is 11.2. The van der Waals surface area contributed by atoms with Crippen LogP contribution in [0.5, 0.6) is 5.75 Å². The average molecular weight is 752 g/mol. The first-order chi connectivity index (χ1) is 24.5. The third-order valence-corrected chi connectivity index (χ3v) is 6.81. The second kappa shape index (κ2) is 21.0. The fraction of sp³-hybridized carbons (Fsp3) is 0.344. The van der Waals surface area contributed by atoms with Crippen molar-refractivity contribution in [3.05, 3.63) is 59.7 Å². The summed E-state index contributed by atoms with van der Waals surface area (Å²) >= 11 is 5.91. The summed E-state index contributed by atoms with van der Waals surface area (Å²) in [6.07, 6.45) is 4.25. The number of carbonyl (C=O) groups excluding carboxylic acids is 1. The molecular weight excluding hydrogens is 713 g/mol. The van der Waals surface area contributed by atoms with Crippen molar-refractivity contribution in [2.45, 2.75) is 37.5 Å². The summed E-state index contributed by atoms with van der Waals surface area (Å²) in [6, 6.07) is 5.24. The average Bonchev–Trinajstić information content (AvgIpc) is 3.56. The number of carbonyl (C=O) groups is 5. The minimum Gasteiger partial charge on any atom is -0.486 e. The van der Waals surface area contributed by atoms with E-state index in [1.54, 1.807) is 24.3 Å². The Kier molecular flexibility index (Phi) is 17.3. The molecule has 0 bridgehead atoms. The van der Waals surface area contributed by atoms with E-state index >= 15 is 0 Å². The molecule has 4 rings (SSSR count). The molecule has 2 aromatic carbocycles. The molecule has 18 nitrogen and oxygen atoms in total. The van der Waals surface area contributed by atoms with Crippen LogP contribution in [-0.4, -0.2) is 117 Å². The first kappa shape index (κ1) is 42.7. The van der Waals surface area contributed by atoms with E-state index in [1.165, 1.54) is 24.5 Å². The van der Waals surface area contributed by atoms with Gasteiger partial charge in [-0.2, -0.15) is 0 Å². The van der Waals surface area contributed by atoms with Gasteiger partial charge in [-0.25, -0.2) is 14.4 Å². The van der Waals surface area contributed by atoms with Gasteiger partial charge in [0.15, 0.2) is 0 Å². The Morgan fingerprint density at radius 2 is 1.67 bits per heavy atom. The molecule has 1 fully saturated rings. The van der Waals surface area contributed by atoms with Crippen molar-refractivity contribution in [2.75, 3.05) is 44.5 Å². The number of aromatic nitrogens is 2. The molecule has 10 N–H and O–H groups in total. The first-order valence-electron chi connectivity index (χ1n) is 15.2. The van der Waals surface area contributed by atoms with E-state index < -0.39 is 54.6 Å². The lowest BCUT2D eigenvalue weighted by atomic mass is 10.1. The lowest BCUT2D eigenvalue weighted by Gasteiger charge is -2.17. The van der Waals surface area contributed by atoms with Gasteiger partial charge in [0, 0.05) is 36.2 Å². The summed E-state index contributed by atoms with van der Waals surface area (Å²) in [5.41, 5.74) is 11.3. The smallest absolute Gasteiger partial charge is 0.321 e. The molecule has 1 aliphatic heterocycles. The molecule has 1 aromatic heterocycles. The van der Waals surface area contributed by atoms with Crippen molar-refractivity contribution >= 4 is 69.5 Å². The molecule has 0 radical (unpaired) electrons. The van der Waals surface area contributed by atoms with Gasteiger partial charge in [0.05, 0.1) is 42.3 Å². The van der Waals surface area contributed by atoms with Crippen LogP contribution in [0.2, 0.25) is 5.02 Å². The highest BCUT2D eigenvalue weighted by atomic mass is 35.5. The molecule has 0 saturated carbocycles. The van der Waals surface area contributed by atoms with Gasteiger partial charge < -0.3 is 56.9 Å². The summed E-state index contributed by atoms with van der Waals surface area (Å²) in [4.78, 5) is 62.4. The molecule has 52 heavy (non-hydrogen) atoms. The van der Waals surface area contributed by atoms with Gasteiger partial charge in [0.25, 0.3) is 0 Å². The SMILES string of the molecule is CN(C)C/C=C/C(=O)Nc1cc2c(Nc3ccc(F)c(Cl)c3)ncnc2cc1O[C@H]1CCOC1.N[C@@H](CC(=O)O)C(=O)O.N[C@@H](CC(=O)O)C(=O)O. The number of halogens is 2. The van der Waals surface area contributed by atoms with Gasteiger partial charge in [-0.15, -0.1) is 0 Å². The number of nitrogens with two attached hydrogens (primary N) is 2. The number of anilines is 3. The number of ether oxygens (including phenoxy) is 2. The van der Waals surface area contributed by atoms with Crippen LogP contribution in [0.3, 0.4) is 0 Å². The van der Waals surface area contributed by atoms with E-state index in [9.17, 15) is 28.4 Å². The number of hydrogen-bond acceptors (Lipinski definition) is 13. The molecule has 1 aliphatic rings. The van der Waals surface area contributed by atoms with E-state index in [0.717, 1.165) is 6.42 Å². The lowest BCUT2D eigenvalue weighted by Crippen LogP contribution is -2.32. The maximum Gasteiger partial charge on any atom is 0.321 e. The van der Waals surface area contributed by atoms with E-state index in [4.69, 9.17) is 53.0 Å². The predicted octanol–water partition coefficient (Wildman–Crippen LogP) is 2.14. The quantitative estimate of drug-likeness (QED) is 0.109. The maximum atomic E-state index is 13.6. The third-order valence-electron chi connectivity index (χ3n) is 6.52. The van der Waals surface area contributed by atoms with Crippen molar-refractivity contribution < 1.29 is 58.3 Å². The van der Waals surface area contributed by atoms with Gasteiger partial charge in [-0.3, -0.25) is 24.0 Å². The fourth-order valence-corrected chi connectivity index (χ4v) is 4.15. The molecule has 0 unspecified atom stereocenters. The van der Waals surface area contributed by atoms with Crippen LogP contribution in [0.1, 0.15) is 19.3 Å². The number of rotatable bonds is 14. The molecule has 1 amide bonds. The van der Waals surface area contributed by atoms with Crippen molar-refractivity contribution in [1.82, 2.24) is 14.9 Å². The normalized spacial score (nSPS) is 14.7. The number of hydrogen-bond donors (Lipinski definition) is 8. The molecule has 20 heteroatoms. The van der Waals surface area contributed by atoms with E-state index in [1.807, 2.05) is 19.0 Å². The van der Waals surface area contributed by atoms with Gasteiger partial charge in [-0.1, -0.05) is 17.7 Å². The summed E-state index contributed by atoms with van der Waals surface area (Å²) in [5, 5.41) is 38.7. The van der Waals surface area contributed by atoms with Crippen molar-refractivity contribution in [2.24, 2.45) is 11.5 Å². The molecule has 282 valence electrons. The van der Waals surface area contributed by atoms with Crippen LogP contribution in [0.15, 0.2) is 48.8 Å². The van der Waals surface area contributed by atoms with E-state index in [2.05, 4.69) is 20.6 Å². The molecule has 0 spiro atoms. The zero-order valence-electron chi connectivity index (χ0n) is 28.0. The Morgan fingerprint density at radius 3 is 2.17 bits per heavy atom. The number of aliphatic carboxylic acids is 4. The molecule has 3 aromatic rings. The number of carboxylic acid groups (broad SMARTS) is 4. The maximum absolute atomic E-state index is 13.6. The largest absolute Gasteiger partial charge is 0.486 e. The minimum absolute atomic E-state index is 0.00436. The van der Waals surface area contributed by atoms with Crippen molar-refractivity contribution in [3.63, 3.8) is 0 Å². The molecule has 0 aliphatic carbocycles. The van der Waals surface area contributed by atoms with E-state index in [0.29, 0.717) is 53.6 Å². The highest BCUT2D eigenvalue weighted by molar-refractivity contribution is 6.31. The Bertz CT molecular complexity index is 1730. The summed E-state index contributed by atoms with van der Waals surface area (Å²) < 4.78 is 25.1. The van der Waals surface area contributed by atoms with Crippen molar-refractivity contribution in [3.8, 4) is 5.75 Å². The summed E-state index contributed by atoms with van der Waals surface area (Å²) in [7, 11) is 3.84. The monoisotopic (exact) mass is 751 g/mol. The van der Waals surface area contributed by atoms with Crippen LogP contribution >= 0.6 is 11.6 Å². The molecule has 2 heterocycles. The number of nitrogens with one attached hydrogen (secondary N) is 2. The van der Waals surface area contributed by atoms with Crippen LogP contribution in [-0.2, 0) is 28.7 Å². The standard InChI is InChI=1S/C24H25ClFN5O3.2C4H7NO4/c1-31(2)8-3-4-23(32)30-21-11-17-20(12-22(21)34-16-7-9-33-13-16)27-14-28-24(17)29-15-5-6-19(26)18(25)10-15;2*5-2(4(8)9)1-3(6)7/h3-6,10-12,14,16H,7-9,13H2,1-2H3,(H,30,32)(H,27,28,29);2*2H,1,5H2,(H,6,7)(H,8,9)/b4-3+;;/t16-;2*2-/m000/s1. The number of fused-ring (bicyclic) bond motifs is 1. The minimum atomic E-state index is -1.29. The highest BCUT2D eigenvalue weighted by Gasteiger charge is 2.21. The molecule has 3 atom stereocenters. The number of amides is 1. The predicted molar refractivity (Wildman–Crippen MR) is 186 cm³/mol. The van der Waals surface area contributed by atoms with Crippen LogP contribution in [0.25, 0.3) is 10.9 Å². The summed E-state index contributed by atoms with van der Waals surface area (Å²) in [5.74, 6) is -4.83. The van der Waals surface area contributed by atoms with Gasteiger partial charge in [0.2, 0.25) is 5.91 Å².